The molecule has 0 saturated heterocycles. The van der Waals surface area contributed by atoms with Gasteiger partial charge in [0.25, 0.3) is 0 Å². The lowest BCUT2D eigenvalue weighted by molar-refractivity contribution is 0.431. The predicted octanol–water partition coefficient (Wildman–Crippen LogP) is 4.43. The third-order valence-electron chi connectivity index (χ3n) is 3.81. The zero-order valence-electron chi connectivity index (χ0n) is 10.4. The average Bonchev–Trinajstić information content (AvgIpc) is 3.14. The van der Waals surface area contributed by atoms with Crippen LogP contribution < -0.4 is 0 Å². The Labute approximate surface area is 126 Å². The van der Waals surface area contributed by atoms with E-state index in [0.717, 1.165) is 29.7 Å². The van der Waals surface area contributed by atoms with E-state index in [9.17, 15) is 0 Å². The van der Waals surface area contributed by atoms with Crippen LogP contribution in [0.25, 0.3) is 11.0 Å². The molecule has 1 heterocycles. The summed E-state index contributed by atoms with van der Waals surface area (Å²) in [5, 5.41) is 0. The van der Waals surface area contributed by atoms with Crippen molar-refractivity contribution >= 4 is 45.2 Å². The van der Waals surface area contributed by atoms with Gasteiger partial charge in [0.2, 0.25) is 0 Å². The van der Waals surface area contributed by atoms with E-state index in [0.29, 0.717) is 5.88 Å². The maximum atomic E-state index is 6.04. The Kier molecular flexibility index (Phi) is 3.54. The zero-order chi connectivity index (χ0) is 12.7. The Balaban J connectivity index is 2.01. The van der Waals surface area contributed by atoms with Crippen LogP contribution in [-0.4, -0.2) is 9.55 Å². The van der Waals surface area contributed by atoms with Crippen LogP contribution in [0.3, 0.4) is 0 Å². The van der Waals surface area contributed by atoms with E-state index in [1.165, 1.54) is 21.9 Å². The lowest BCUT2D eigenvalue weighted by Gasteiger charge is -2.14. The number of nitrogens with zero attached hydrogens (tertiary/aromatic N) is 2. The number of hydrogen-bond acceptors (Lipinski definition) is 1. The van der Waals surface area contributed by atoms with Gasteiger partial charge in [-0.25, -0.2) is 4.98 Å². The van der Waals surface area contributed by atoms with Crippen molar-refractivity contribution in [1.29, 1.82) is 0 Å². The Hall–Kier alpha value is -0.290. The molecule has 4 heteroatoms. The molecule has 1 saturated carbocycles. The smallest absolute Gasteiger partial charge is 0.124 e. The topological polar surface area (TPSA) is 17.8 Å². The highest BCUT2D eigenvalue weighted by molar-refractivity contribution is 14.1. The fourth-order valence-electron chi connectivity index (χ4n) is 2.56. The molecule has 0 amide bonds. The fraction of sp³-hybridized carbons (Fsp3) is 0.500. The van der Waals surface area contributed by atoms with Crippen molar-refractivity contribution in [2.75, 3.05) is 0 Å². The molecule has 0 radical (unpaired) electrons. The van der Waals surface area contributed by atoms with Crippen molar-refractivity contribution in [3.05, 3.63) is 27.6 Å². The lowest BCUT2D eigenvalue weighted by atomic mass is 10.1. The second-order valence-corrected chi connectivity index (χ2v) is 6.73. The molecule has 3 rings (SSSR count). The van der Waals surface area contributed by atoms with Gasteiger partial charge >= 0.3 is 0 Å². The third-order valence-corrected chi connectivity index (χ3v) is 4.72. The first kappa shape index (κ1) is 12.7. The molecule has 1 unspecified atom stereocenters. The van der Waals surface area contributed by atoms with Crippen molar-refractivity contribution in [2.24, 2.45) is 11.8 Å². The maximum Gasteiger partial charge on any atom is 0.124 e. The summed E-state index contributed by atoms with van der Waals surface area (Å²) in [5.41, 5.74) is 2.29. The summed E-state index contributed by atoms with van der Waals surface area (Å²) in [5.74, 6) is 3.13. The van der Waals surface area contributed by atoms with Crippen molar-refractivity contribution in [1.82, 2.24) is 9.55 Å². The van der Waals surface area contributed by atoms with Crippen LogP contribution >= 0.6 is 34.2 Å². The van der Waals surface area contributed by atoms with Crippen LogP contribution in [0.4, 0.5) is 0 Å². The van der Waals surface area contributed by atoms with E-state index in [4.69, 9.17) is 11.6 Å². The van der Waals surface area contributed by atoms with Crippen LogP contribution in [-0.2, 0) is 12.4 Å². The van der Waals surface area contributed by atoms with Crippen LogP contribution in [0, 0.1) is 15.4 Å². The SMILES string of the molecule is CC(Cn1c(CCl)nc2cc(I)ccc21)C1CC1. The number of halogens is 2. The normalized spacial score (nSPS) is 17.3. The van der Waals surface area contributed by atoms with Gasteiger partial charge < -0.3 is 4.57 Å². The van der Waals surface area contributed by atoms with Crippen LogP contribution in [0.15, 0.2) is 18.2 Å². The van der Waals surface area contributed by atoms with Gasteiger partial charge in [-0.05, 0) is 65.5 Å². The van der Waals surface area contributed by atoms with E-state index >= 15 is 0 Å². The highest BCUT2D eigenvalue weighted by atomic mass is 127. The van der Waals surface area contributed by atoms with Gasteiger partial charge in [-0.15, -0.1) is 11.6 Å². The van der Waals surface area contributed by atoms with Crippen LogP contribution in [0.2, 0.25) is 0 Å². The predicted molar refractivity (Wildman–Crippen MR) is 83.9 cm³/mol. The number of benzene rings is 1. The molecule has 2 aromatic rings. The summed E-state index contributed by atoms with van der Waals surface area (Å²) in [6.07, 6.45) is 2.78. The van der Waals surface area contributed by atoms with Gasteiger partial charge in [-0.1, -0.05) is 6.92 Å². The number of rotatable bonds is 4. The van der Waals surface area contributed by atoms with Gasteiger partial charge in [-0.2, -0.15) is 0 Å². The monoisotopic (exact) mass is 374 g/mol. The number of hydrogen-bond donors (Lipinski definition) is 0. The molecule has 0 bridgehead atoms. The van der Waals surface area contributed by atoms with Gasteiger partial charge in [0, 0.05) is 10.1 Å². The maximum absolute atomic E-state index is 6.04. The Bertz CT molecular complexity index is 574. The quantitative estimate of drug-likeness (QED) is 0.572. The van der Waals surface area contributed by atoms with Crippen molar-refractivity contribution in [3.63, 3.8) is 0 Å². The molecule has 1 atom stereocenters. The minimum Gasteiger partial charge on any atom is -0.327 e. The minimum absolute atomic E-state index is 0.489. The zero-order valence-corrected chi connectivity index (χ0v) is 13.3. The highest BCUT2D eigenvalue weighted by Gasteiger charge is 2.28. The fourth-order valence-corrected chi connectivity index (χ4v) is 3.24. The molecule has 1 aromatic carbocycles. The van der Waals surface area contributed by atoms with Crippen LogP contribution in [0.5, 0.6) is 0 Å². The molecule has 2 nitrogen and oxygen atoms in total. The summed E-state index contributed by atoms with van der Waals surface area (Å²) in [7, 11) is 0. The molecule has 0 N–H and O–H groups in total. The van der Waals surface area contributed by atoms with Gasteiger partial charge in [0.05, 0.1) is 16.9 Å². The Morgan fingerprint density at radius 3 is 2.94 bits per heavy atom. The first-order valence-electron chi connectivity index (χ1n) is 6.39. The summed E-state index contributed by atoms with van der Waals surface area (Å²) in [4.78, 5) is 4.65. The van der Waals surface area contributed by atoms with Crippen LogP contribution in [0.1, 0.15) is 25.6 Å². The first-order chi connectivity index (χ1) is 8.69. The van der Waals surface area contributed by atoms with Gasteiger partial charge in [-0.3, -0.25) is 0 Å². The van der Waals surface area contributed by atoms with Crippen molar-refractivity contribution in [3.8, 4) is 0 Å². The molecular formula is C14H16ClIN2. The summed E-state index contributed by atoms with van der Waals surface area (Å²) in [6, 6.07) is 6.44. The minimum atomic E-state index is 0.489. The molecule has 1 aliphatic rings. The Morgan fingerprint density at radius 1 is 1.50 bits per heavy atom. The molecule has 0 spiro atoms. The molecule has 1 aliphatic carbocycles. The molecule has 18 heavy (non-hydrogen) atoms. The number of aromatic nitrogens is 2. The summed E-state index contributed by atoms with van der Waals surface area (Å²) in [6.45, 7) is 3.39. The standard InChI is InChI=1S/C14H16ClIN2/c1-9(10-2-3-10)8-18-13-5-4-11(16)6-12(13)17-14(18)7-15/h4-6,9-10H,2-3,7-8H2,1H3. The summed E-state index contributed by atoms with van der Waals surface area (Å²) < 4.78 is 3.53. The number of imidazole rings is 1. The highest BCUT2D eigenvalue weighted by Crippen LogP contribution is 2.38. The molecule has 1 fully saturated rings. The Morgan fingerprint density at radius 2 is 2.28 bits per heavy atom. The molecule has 0 aliphatic heterocycles. The van der Waals surface area contributed by atoms with E-state index in [1.54, 1.807) is 0 Å². The second-order valence-electron chi connectivity index (χ2n) is 5.22. The third kappa shape index (κ3) is 2.39. The largest absolute Gasteiger partial charge is 0.327 e. The van der Waals surface area contributed by atoms with Crippen molar-refractivity contribution < 1.29 is 0 Å². The second kappa shape index (κ2) is 5.00. The van der Waals surface area contributed by atoms with E-state index in [2.05, 4.69) is 57.3 Å². The van der Waals surface area contributed by atoms with E-state index in [1.807, 2.05) is 0 Å². The number of fused-ring (bicyclic) bond motifs is 1. The van der Waals surface area contributed by atoms with E-state index < -0.39 is 0 Å². The summed E-state index contributed by atoms with van der Waals surface area (Å²) >= 11 is 8.36. The first-order valence-corrected chi connectivity index (χ1v) is 8.01. The van der Waals surface area contributed by atoms with Crippen molar-refractivity contribution in [2.45, 2.75) is 32.2 Å². The lowest BCUT2D eigenvalue weighted by Crippen LogP contribution is -2.11. The molecule has 96 valence electrons. The van der Waals surface area contributed by atoms with Gasteiger partial charge in [0.15, 0.2) is 0 Å². The van der Waals surface area contributed by atoms with E-state index in [-0.39, 0.29) is 0 Å². The average molecular weight is 375 g/mol. The molecule has 1 aromatic heterocycles. The molecular weight excluding hydrogens is 359 g/mol. The van der Waals surface area contributed by atoms with Gasteiger partial charge in [0.1, 0.15) is 5.82 Å². The number of alkyl halides is 1.